The van der Waals surface area contributed by atoms with Gasteiger partial charge in [-0.05, 0) is 30.5 Å². The summed E-state index contributed by atoms with van der Waals surface area (Å²) in [4.78, 5) is 0.237. The molecule has 0 aliphatic heterocycles. The molecule has 0 saturated carbocycles. The molecule has 0 aliphatic carbocycles. The van der Waals surface area contributed by atoms with Gasteiger partial charge in [0, 0.05) is 11.6 Å². The minimum Gasteiger partial charge on any atom is -0.320 e. The predicted octanol–water partition coefficient (Wildman–Crippen LogP) is 1.71. The van der Waals surface area contributed by atoms with Crippen molar-refractivity contribution >= 4 is 10.0 Å². The fourth-order valence-electron chi connectivity index (χ4n) is 1.85. The first-order valence-corrected chi connectivity index (χ1v) is 8.20. The number of nitrogens with one attached hydrogen (secondary N) is 1. The normalized spacial score (nSPS) is 12.8. The molecule has 0 bridgehead atoms. The highest BCUT2D eigenvalue weighted by molar-refractivity contribution is 7.89. The highest BCUT2D eigenvalue weighted by Gasteiger charge is 2.21. The average Bonchev–Trinajstić information content (AvgIpc) is 2.42. The third kappa shape index (κ3) is 4.64. The van der Waals surface area contributed by atoms with Gasteiger partial charge >= 0.3 is 0 Å². The van der Waals surface area contributed by atoms with Crippen molar-refractivity contribution in [2.45, 2.75) is 38.1 Å². The number of sulfonamides is 1. The van der Waals surface area contributed by atoms with Crippen LogP contribution in [0.3, 0.4) is 0 Å². The Labute approximate surface area is 121 Å². The van der Waals surface area contributed by atoms with E-state index in [1.807, 2.05) is 20.8 Å². The van der Waals surface area contributed by atoms with Gasteiger partial charge in [0.15, 0.2) is 0 Å². The molecular weight excluding hydrogens is 272 g/mol. The Morgan fingerprint density at radius 1 is 1.35 bits per heavy atom. The lowest BCUT2D eigenvalue weighted by Crippen LogP contribution is -2.37. The van der Waals surface area contributed by atoms with Crippen LogP contribution in [0.4, 0.5) is 0 Å². The van der Waals surface area contributed by atoms with E-state index in [4.69, 9.17) is 5.73 Å². The Morgan fingerprint density at radius 2 is 2.05 bits per heavy atom. The first kappa shape index (κ1) is 16.7. The van der Waals surface area contributed by atoms with Crippen molar-refractivity contribution in [3.63, 3.8) is 0 Å². The summed E-state index contributed by atoms with van der Waals surface area (Å²) in [5, 5.41) is 0. The van der Waals surface area contributed by atoms with Crippen LogP contribution in [0.1, 0.15) is 32.8 Å². The van der Waals surface area contributed by atoms with Crippen molar-refractivity contribution in [2.75, 3.05) is 6.54 Å². The molecule has 1 aromatic rings. The first-order valence-electron chi connectivity index (χ1n) is 6.72. The Kier molecular flexibility index (Phi) is 6.21. The van der Waals surface area contributed by atoms with Crippen LogP contribution in [0.5, 0.6) is 0 Å². The number of hydrogen-bond acceptors (Lipinski definition) is 3. The van der Waals surface area contributed by atoms with Crippen molar-refractivity contribution in [1.29, 1.82) is 0 Å². The standard InChI is InChI=1S/C15H22N2O2S/c1-4-15(12(2)3)17-20(18,19)14-9-5-7-13(11-14)8-6-10-16/h5,7,9,11-12,15,17H,4,10,16H2,1-3H3. The lowest BCUT2D eigenvalue weighted by Gasteiger charge is -2.20. The number of nitrogens with two attached hydrogens (primary N) is 1. The van der Waals surface area contributed by atoms with Crippen LogP contribution >= 0.6 is 0 Å². The maximum atomic E-state index is 12.3. The molecule has 0 spiro atoms. The van der Waals surface area contributed by atoms with Crippen molar-refractivity contribution in [3.05, 3.63) is 29.8 Å². The lowest BCUT2D eigenvalue weighted by atomic mass is 10.0. The largest absolute Gasteiger partial charge is 0.320 e. The zero-order chi connectivity index (χ0) is 15.2. The number of hydrogen-bond donors (Lipinski definition) is 2. The van der Waals surface area contributed by atoms with Crippen LogP contribution in [0.2, 0.25) is 0 Å². The molecular formula is C15H22N2O2S. The monoisotopic (exact) mass is 294 g/mol. The van der Waals surface area contributed by atoms with Gasteiger partial charge in [-0.25, -0.2) is 13.1 Å². The summed E-state index contributed by atoms with van der Waals surface area (Å²) in [6.45, 7) is 6.22. The van der Waals surface area contributed by atoms with E-state index in [0.29, 0.717) is 5.56 Å². The summed E-state index contributed by atoms with van der Waals surface area (Å²) >= 11 is 0. The van der Waals surface area contributed by atoms with Crippen LogP contribution in [0, 0.1) is 17.8 Å². The topological polar surface area (TPSA) is 72.2 Å². The Balaban J connectivity index is 3.03. The van der Waals surface area contributed by atoms with Gasteiger partial charge in [-0.3, -0.25) is 0 Å². The van der Waals surface area contributed by atoms with Crippen molar-refractivity contribution in [2.24, 2.45) is 11.7 Å². The average molecular weight is 294 g/mol. The van der Waals surface area contributed by atoms with Crippen molar-refractivity contribution in [1.82, 2.24) is 4.72 Å². The third-order valence-electron chi connectivity index (χ3n) is 3.03. The number of rotatable bonds is 5. The second-order valence-corrected chi connectivity index (χ2v) is 6.63. The van der Waals surface area contributed by atoms with Gasteiger partial charge in [0.05, 0.1) is 11.4 Å². The molecule has 0 radical (unpaired) electrons. The van der Waals surface area contributed by atoms with Crippen LogP contribution in [0.25, 0.3) is 0 Å². The van der Waals surface area contributed by atoms with E-state index in [-0.39, 0.29) is 23.4 Å². The molecule has 1 atom stereocenters. The van der Waals surface area contributed by atoms with E-state index in [2.05, 4.69) is 16.6 Å². The molecule has 0 fully saturated rings. The highest BCUT2D eigenvalue weighted by atomic mass is 32.2. The molecule has 5 heteroatoms. The lowest BCUT2D eigenvalue weighted by molar-refractivity contribution is 0.437. The van der Waals surface area contributed by atoms with Gasteiger partial charge in [-0.1, -0.05) is 38.7 Å². The van der Waals surface area contributed by atoms with Crippen LogP contribution in [-0.4, -0.2) is 21.0 Å². The smallest absolute Gasteiger partial charge is 0.240 e. The third-order valence-corrected chi connectivity index (χ3v) is 4.52. The molecule has 1 rings (SSSR count). The minimum absolute atomic E-state index is 0.0706. The molecule has 1 unspecified atom stereocenters. The summed E-state index contributed by atoms with van der Waals surface area (Å²) in [6, 6.07) is 6.52. The van der Waals surface area contributed by atoms with Gasteiger partial charge < -0.3 is 5.73 Å². The molecule has 3 N–H and O–H groups in total. The van der Waals surface area contributed by atoms with E-state index < -0.39 is 10.0 Å². The highest BCUT2D eigenvalue weighted by Crippen LogP contribution is 2.14. The quantitative estimate of drug-likeness (QED) is 0.812. The van der Waals surface area contributed by atoms with E-state index in [1.54, 1.807) is 24.3 Å². The molecule has 0 aromatic heterocycles. The van der Waals surface area contributed by atoms with Crippen LogP contribution < -0.4 is 10.5 Å². The molecule has 0 aliphatic rings. The van der Waals surface area contributed by atoms with Crippen LogP contribution in [-0.2, 0) is 10.0 Å². The predicted molar refractivity (Wildman–Crippen MR) is 81.6 cm³/mol. The molecule has 20 heavy (non-hydrogen) atoms. The Hall–Kier alpha value is -1.35. The van der Waals surface area contributed by atoms with Gasteiger partial charge in [0.2, 0.25) is 10.0 Å². The van der Waals surface area contributed by atoms with E-state index in [0.717, 1.165) is 6.42 Å². The van der Waals surface area contributed by atoms with E-state index >= 15 is 0 Å². The second-order valence-electron chi connectivity index (χ2n) is 4.91. The first-order chi connectivity index (χ1) is 9.40. The summed E-state index contributed by atoms with van der Waals surface area (Å²) in [5.74, 6) is 5.80. The summed E-state index contributed by atoms with van der Waals surface area (Å²) < 4.78 is 27.4. The van der Waals surface area contributed by atoms with Crippen LogP contribution in [0.15, 0.2) is 29.2 Å². The van der Waals surface area contributed by atoms with Gasteiger partial charge in [0.1, 0.15) is 0 Å². The van der Waals surface area contributed by atoms with Gasteiger partial charge in [0.25, 0.3) is 0 Å². The molecule has 0 amide bonds. The van der Waals surface area contributed by atoms with E-state index in [1.165, 1.54) is 0 Å². The maximum absolute atomic E-state index is 12.3. The Bertz CT molecular complexity index is 598. The molecule has 0 heterocycles. The zero-order valence-corrected chi connectivity index (χ0v) is 13.0. The fourth-order valence-corrected chi connectivity index (χ4v) is 3.37. The number of benzene rings is 1. The summed E-state index contributed by atoms with van der Waals surface area (Å²) in [6.07, 6.45) is 0.754. The Morgan fingerprint density at radius 3 is 2.60 bits per heavy atom. The van der Waals surface area contributed by atoms with Gasteiger partial charge in [-0.2, -0.15) is 0 Å². The molecule has 1 aromatic carbocycles. The van der Waals surface area contributed by atoms with Crippen molar-refractivity contribution < 1.29 is 8.42 Å². The fraction of sp³-hybridized carbons (Fsp3) is 0.467. The zero-order valence-electron chi connectivity index (χ0n) is 12.2. The summed E-state index contributed by atoms with van der Waals surface area (Å²) in [7, 11) is -3.51. The minimum atomic E-state index is -3.51. The van der Waals surface area contributed by atoms with E-state index in [9.17, 15) is 8.42 Å². The second kappa shape index (κ2) is 7.44. The maximum Gasteiger partial charge on any atom is 0.240 e. The molecule has 110 valence electrons. The molecule has 4 nitrogen and oxygen atoms in total. The molecule has 0 saturated heterocycles. The van der Waals surface area contributed by atoms with Crippen molar-refractivity contribution in [3.8, 4) is 11.8 Å². The summed E-state index contributed by atoms with van der Waals surface area (Å²) in [5.41, 5.74) is 5.96. The van der Waals surface area contributed by atoms with Gasteiger partial charge in [-0.15, -0.1) is 0 Å². The SMILES string of the molecule is CCC(NS(=O)(=O)c1cccc(C#CCN)c1)C(C)C.